The molecule has 31 heavy (non-hydrogen) atoms. The third kappa shape index (κ3) is 4.99. The minimum absolute atomic E-state index is 0.0307. The second-order valence-corrected chi connectivity index (χ2v) is 10.9. The molecule has 0 aliphatic carbocycles. The number of anilines is 1. The molecule has 0 spiro atoms. The number of nitrogens with one attached hydrogen (secondary N) is 1. The Morgan fingerprint density at radius 2 is 1.87 bits per heavy atom. The molecule has 7 nitrogen and oxygen atoms in total. The highest BCUT2D eigenvalue weighted by atomic mass is 32.2. The summed E-state index contributed by atoms with van der Waals surface area (Å²) in [7, 11) is -3.66. The summed E-state index contributed by atoms with van der Waals surface area (Å²) in [5.74, 6) is -0.931. The van der Waals surface area contributed by atoms with Crippen LogP contribution in [0.1, 0.15) is 53.4 Å². The first-order valence-electron chi connectivity index (χ1n) is 10.7. The van der Waals surface area contributed by atoms with Crippen molar-refractivity contribution in [2.45, 2.75) is 38.1 Å². The maximum Gasteiger partial charge on any atom is 0.251 e. The van der Waals surface area contributed by atoms with Gasteiger partial charge in [-0.15, -0.1) is 11.3 Å². The molecule has 1 atom stereocenters. The van der Waals surface area contributed by atoms with Gasteiger partial charge < -0.3 is 5.32 Å². The van der Waals surface area contributed by atoms with E-state index in [2.05, 4.69) is 21.7 Å². The molecule has 0 bridgehead atoms. The second-order valence-electron chi connectivity index (χ2n) is 7.97. The largest absolute Gasteiger partial charge is 0.350 e. The van der Waals surface area contributed by atoms with Crippen LogP contribution in [0.4, 0.5) is 5.69 Å². The van der Waals surface area contributed by atoms with Crippen LogP contribution in [0.3, 0.4) is 0 Å². The van der Waals surface area contributed by atoms with Crippen molar-refractivity contribution in [1.82, 2.24) is 10.2 Å². The molecule has 0 radical (unpaired) electrons. The van der Waals surface area contributed by atoms with E-state index in [0.717, 1.165) is 30.2 Å². The lowest BCUT2D eigenvalue weighted by atomic mass is 10.1. The van der Waals surface area contributed by atoms with E-state index in [1.54, 1.807) is 29.5 Å². The van der Waals surface area contributed by atoms with Crippen molar-refractivity contribution in [2.75, 3.05) is 29.7 Å². The quantitative estimate of drug-likeness (QED) is 0.714. The maximum absolute atomic E-state index is 12.9. The van der Waals surface area contributed by atoms with Crippen LogP contribution >= 0.6 is 11.3 Å². The van der Waals surface area contributed by atoms with Gasteiger partial charge >= 0.3 is 0 Å². The molecule has 1 aromatic heterocycles. The molecule has 9 heteroatoms. The fourth-order valence-electron chi connectivity index (χ4n) is 4.23. The number of amides is 2. The lowest BCUT2D eigenvalue weighted by Gasteiger charge is -2.30. The highest BCUT2D eigenvalue weighted by Gasteiger charge is 2.36. The van der Waals surface area contributed by atoms with Gasteiger partial charge in [0.25, 0.3) is 5.91 Å². The van der Waals surface area contributed by atoms with Gasteiger partial charge in [-0.1, -0.05) is 25.0 Å². The van der Waals surface area contributed by atoms with E-state index in [-0.39, 0.29) is 29.8 Å². The van der Waals surface area contributed by atoms with Crippen LogP contribution in [-0.2, 0) is 14.8 Å². The summed E-state index contributed by atoms with van der Waals surface area (Å²) in [4.78, 5) is 28.6. The molecule has 2 aromatic rings. The van der Waals surface area contributed by atoms with Crippen molar-refractivity contribution >= 4 is 38.9 Å². The molecule has 0 unspecified atom stereocenters. The smallest absolute Gasteiger partial charge is 0.251 e. The Bertz CT molecular complexity index is 1030. The number of likely N-dealkylation sites (tertiary alicyclic amines) is 1. The van der Waals surface area contributed by atoms with Gasteiger partial charge in [0.05, 0.1) is 17.5 Å². The topological polar surface area (TPSA) is 86.8 Å². The number of sulfonamides is 1. The van der Waals surface area contributed by atoms with Crippen molar-refractivity contribution in [1.29, 1.82) is 0 Å². The second kappa shape index (κ2) is 9.50. The first-order chi connectivity index (χ1) is 15.0. The van der Waals surface area contributed by atoms with Crippen LogP contribution in [0.25, 0.3) is 0 Å². The lowest BCUT2D eigenvalue weighted by molar-refractivity contribution is -0.116. The highest BCUT2D eigenvalue weighted by Crippen LogP contribution is 2.28. The van der Waals surface area contributed by atoms with Gasteiger partial charge in [0.2, 0.25) is 15.9 Å². The number of carbonyl (C=O) groups excluding carboxylic acids is 2. The van der Waals surface area contributed by atoms with Crippen LogP contribution < -0.4 is 9.62 Å². The molecule has 4 rings (SSSR count). The van der Waals surface area contributed by atoms with Gasteiger partial charge in [-0.05, 0) is 55.6 Å². The summed E-state index contributed by atoms with van der Waals surface area (Å²) in [6.45, 7) is 2.51. The zero-order valence-electron chi connectivity index (χ0n) is 17.3. The standard InChI is InChI=1S/C22H27N3O4S2/c26-21-10-14-31(28,29)25(21)18-8-5-7-17(15-18)22(27)23-16-19(20-9-6-13-30-20)24-11-3-1-2-4-12-24/h5-9,13,15,19H,1-4,10-12,14,16H2,(H,23,27)/t19-/m0/s1. The average Bonchev–Trinajstić information content (AvgIpc) is 3.27. The third-order valence-electron chi connectivity index (χ3n) is 5.83. The summed E-state index contributed by atoms with van der Waals surface area (Å²) in [6.07, 6.45) is 4.78. The van der Waals surface area contributed by atoms with Gasteiger partial charge in [0.15, 0.2) is 0 Å². The molecule has 2 fully saturated rings. The van der Waals surface area contributed by atoms with E-state index in [1.165, 1.54) is 23.8 Å². The van der Waals surface area contributed by atoms with Crippen molar-refractivity contribution in [3.8, 4) is 0 Å². The predicted octanol–water partition coefficient (Wildman–Crippen LogP) is 3.16. The Balaban J connectivity index is 1.49. The maximum atomic E-state index is 12.9. The van der Waals surface area contributed by atoms with Gasteiger partial charge in [0, 0.05) is 23.4 Å². The minimum Gasteiger partial charge on any atom is -0.350 e. The van der Waals surface area contributed by atoms with Gasteiger partial charge in [-0.25, -0.2) is 12.7 Å². The number of nitrogens with zero attached hydrogens (tertiary/aromatic N) is 2. The van der Waals surface area contributed by atoms with Gasteiger partial charge in [0.1, 0.15) is 0 Å². The molecule has 1 aromatic carbocycles. The molecular formula is C22H27N3O4S2. The SMILES string of the molecule is O=C(NC[C@@H](c1cccs1)N1CCCCCC1)c1cccc(N2C(=O)CCS2(=O)=O)c1. The van der Waals surface area contributed by atoms with Crippen LogP contribution in [-0.4, -0.2) is 50.5 Å². The van der Waals surface area contributed by atoms with E-state index in [1.807, 2.05) is 6.07 Å². The fourth-order valence-corrected chi connectivity index (χ4v) is 6.54. The molecular weight excluding hydrogens is 434 g/mol. The summed E-state index contributed by atoms with van der Waals surface area (Å²) in [5, 5.41) is 5.08. The van der Waals surface area contributed by atoms with E-state index in [4.69, 9.17) is 0 Å². The van der Waals surface area contributed by atoms with Crippen LogP contribution in [0.2, 0.25) is 0 Å². The Hall–Kier alpha value is -2.23. The molecule has 166 valence electrons. The molecule has 2 amide bonds. The Labute approximate surface area is 187 Å². The Morgan fingerprint density at radius 1 is 1.10 bits per heavy atom. The molecule has 2 saturated heterocycles. The number of hydrogen-bond donors (Lipinski definition) is 1. The van der Waals surface area contributed by atoms with E-state index >= 15 is 0 Å². The lowest BCUT2D eigenvalue weighted by Crippen LogP contribution is -2.38. The van der Waals surface area contributed by atoms with Crippen LogP contribution in [0.5, 0.6) is 0 Å². The summed E-state index contributed by atoms with van der Waals surface area (Å²) in [5.41, 5.74) is 0.561. The number of hydrogen-bond acceptors (Lipinski definition) is 6. The number of benzene rings is 1. The molecule has 0 saturated carbocycles. The van der Waals surface area contributed by atoms with E-state index in [0.29, 0.717) is 12.1 Å². The van der Waals surface area contributed by atoms with Gasteiger partial charge in [-0.3, -0.25) is 14.5 Å². The van der Waals surface area contributed by atoms with Crippen molar-refractivity contribution in [2.24, 2.45) is 0 Å². The number of carbonyl (C=O) groups is 2. The summed E-state index contributed by atoms with van der Waals surface area (Å²) < 4.78 is 25.2. The monoisotopic (exact) mass is 461 g/mol. The number of rotatable bonds is 6. The van der Waals surface area contributed by atoms with Gasteiger partial charge in [-0.2, -0.15) is 0 Å². The zero-order chi connectivity index (χ0) is 21.8. The van der Waals surface area contributed by atoms with E-state index < -0.39 is 15.9 Å². The van der Waals surface area contributed by atoms with Crippen LogP contribution in [0.15, 0.2) is 41.8 Å². The minimum atomic E-state index is -3.66. The molecule has 2 aliphatic heterocycles. The Kier molecular flexibility index (Phi) is 6.74. The first kappa shape index (κ1) is 22.0. The number of thiophene rings is 1. The Morgan fingerprint density at radius 3 is 2.52 bits per heavy atom. The summed E-state index contributed by atoms with van der Waals surface area (Å²) in [6, 6.07) is 10.5. The predicted molar refractivity (Wildman–Crippen MR) is 122 cm³/mol. The highest BCUT2D eigenvalue weighted by molar-refractivity contribution is 7.94. The van der Waals surface area contributed by atoms with Crippen molar-refractivity contribution in [3.05, 3.63) is 52.2 Å². The normalized spacial score (nSPS) is 20.4. The molecule has 1 N–H and O–H groups in total. The first-order valence-corrected chi connectivity index (χ1v) is 13.2. The van der Waals surface area contributed by atoms with E-state index in [9.17, 15) is 18.0 Å². The van der Waals surface area contributed by atoms with Crippen molar-refractivity contribution < 1.29 is 18.0 Å². The average molecular weight is 462 g/mol. The van der Waals surface area contributed by atoms with Crippen molar-refractivity contribution in [3.63, 3.8) is 0 Å². The van der Waals surface area contributed by atoms with Crippen LogP contribution in [0, 0.1) is 0 Å². The summed E-state index contributed by atoms with van der Waals surface area (Å²) >= 11 is 1.69. The molecule has 3 heterocycles. The third-order valence-corrected chi connectivity index (χ3v) is 8.49. The fraction of sp³-hybridized carbons (Fsp3) is 0.455. The molecule has 2 aliphatic rings. The zero-order valence-corrected chi connectivity index (χ0v) is 19.0.